The maximum Gasteiger partial charge on any atom is 0.253 e. The topological polar surface area (TPSA) is 45.2 Å². The van der Waals surface area contributed by atoms with E-state index in [0.29, 0.717) is 18.1 Å². The highest BCUT2D eigenvalue weighted by Crippen LogP contribution is 2.30. The summed E-state index contributed by atoms with van der Waals surface area (Å²) in [6, 6.07) is 11.2. The number of hydrogen-bond donors (Lipinski definition) is 1. The standard InChI is InChI=1S/C18H21N3O/c1-21(16-10-14-5-6-15(11-16)20-14)18(22)13-4-7-17-12(9-13)3-2-8-19-17/h2-4,7-9,14-16,20H,5-6,10-11H2,1H3/t14-,15+,16?. The summed E-state index contributed by atoms with van der Waals surface area (Å²) >= 11 is 0. The van der Waals surface area contributed by atoms with Gasteiger partial charge in [-0.15, -0.1) is 0 Å². The average molecular weight is 295 g/mol. The fraction of sp³-hybridized carbons (Fsp3) is 0.444. The SMILES string of the molecule is CN(C(=O)c1ccc2ncccc2c1)C1C[C@H]2CC[C@@H](C1)N2. The molecule has 0 saturated carbocycles. The number of carbonyl (C=O) groups excluding carboxylic acids is 1. The van der Waals surface area contributed by atoms with Crippen molar-refractivity contribution in [2.24, 2.45) is 0 Å². The largest absolute Gasteiger partial charge is 0.339 e. The van der Waals surface area contributed by atoms with Gasteiger partial charge in [0.2, 0.25) is 0 Å². The first-order valence-electron chi connectivity index (χ1n) is 8.09. The Balaban J connectivity index is 1.56. The minimum atomic E-state index is 0.122. The highest BCUT2D eigenvalue weighted by molar-refractivity contribution is 5.98. The molecule has 2 saturated heterocycles. The molecule has 2 aliphatic rings. The molecule has 0 spiro atoms. The summed E-state index contributed by atoms with van der Waals surface area (Å²) in [5.41, 5.74) is 1.69. The number of rotatable bonds is 2. The number of nitrogens with one attached hydrogen (secondary N) is 1. The molecule has 2 bridgehead atoms. The van der Waals surface area contributed by atoms with Crippen LogP contribution in [0.3, 0.4) is 0 Å². The van der Waals surface area contributed by atoms with Gasteiger partial charge in [-0.3, -0.25) is 9.78 Å². The number of pyridine rings is 1. The van der Waals surface area contributed by atoms with Crippen LogP contribution in [-0.4, -0.2) is 41.0 Å². The zero-order valence-corrected chi connectivity index (χ0v) is 12.8. The van der Waals surface area contributed by atoms with Gasteiger partial charge in [0, 0.05) is 42.3 Å². The van der Waals surface area contributed by atoms with Gasteiger partial charge in [-0.2, -0.15) is 0 Å². The lowest BCUT2D eigenvalue weighted by Gasteiger charge is -2.35. The molecule has 0 aliphatic carbocycles. The molecule has 1 N–H and O–H groups in total. The Morgan fingerprint density at radius 2 is 2.00 bits per heavy atom. The monoisotopic (exact) mass is 295 g/mol. The van der Waals surface area contributed by atoms with Gasteiger partial charge in [0.15, 0.2) is 0 Å². The van der Waals surface area contributed by atoms with Crippen LogP contribution in [0.5, 0.6) is 0 Å². The van der Waals surface area contributed by atoms with Crippen molar-refractivity contribution < 1.29 is 4.79 Å². The van der Waals surface area contributed by atoms with Crippen molar-refractivity contribution in [2.75, 3.05) is 7.05 Å². The van der Waals surface area contributed by atoms with Gasteiger partial charge < -0.3 is 10.2 Å². The highest BCUT2D eigenvalue weighted by atomic mass is 16.2. The van der Waals surface area contributed by atoms with Gasteiger partial charge in [-0.25, -0.2) is 0 Å². The molecule has 0 radical (unpaired) electrons. The average Bonchev–Trinajstić information content (AvgIpc) is 2.91. The van der Waals surface area contributed by atoms with Crippen molar-refractivity contribution in [1.82, 2.24) is 15.2 Å². The minimum absolute atomic E-state index is 0.122. The van der Waals surface area contributed by atoms with Gasteiger partial charge in [0.05, 0.1) is 5.52 Å². The van der Waals surface area contributed by atoms with Crippen molar-refractivity contribution >= 4 is 16.8 Å². The Bertz CT molecular complexity index is 702. The second-order valence-electron chi connectivity index (χ2n) is 6.59. The van der Waals surface area contributed by atoms with E-state index in [1.54, 1.807) is 6.20 Å². The third-order valence-electron chi connectivity index (χ3n) is 5.17. The van der Waals surface area contributed by atoms with Crippen molar-refractivity contribution in [3.05, 3.63) is 42.1 Å². The van der Waals surface area contributed by atoms with Crippen LogP contribution in [0.2, 0.25) is 0 Å². The van der Waals surface area contributed by atoms with E-state index in [2.05, 4.69) is 10.3 Å². The lowest BCUT2D eigenvalue weighted by molar-refractivity contribution is 0.0682. The number of carbonyl (C=O) groups is 1. The van der Waals surface area contributed by atoms with Crippen LogP contribution in [0.1, 0.15) is 36.0 Å². The van der Waals surface area contributed by atoms with Crippen molar-refractivity contribution in [2.45, 2.75) is 43.8 Å². The molecule has 1 aromatic carbocycles. The normalized spacial score (nSPS) is 27.0. The molecule has 22 heavy (non-hydrogen) atoms. The van der Waals surface area contributed by atoms with E-state index in [0.717, 1.165) is 29.3 Å². The van der Waals surface area contributed by atoms with E-state index in [9.17, 15) is 4.79 Å². The quantitative estimate of drug-likeness (QED) is 0.926. The van der Waals surface area contributed by atoms with Crippen molar-refractivity contribution in [1.29, 1.82) is 0 Å². The molecule has 2 aromatic rings. The molecule has 1 amide bonds. The number of aromatic nitrogens is 1. The second-order valence-corrected chi connectivity index (χ2v) is 6.59. The van der Waals surface area contributed by atoms with Gasteiger partial charge in [0.1, 0.15) is 0 Å². The predicted octanol–water partition coefficient (Wildman–Crippen LogP) is 2.59. The molecule has 3 atom stereocenters. The third kappa shape index (κ3) is 2.37. The van der Waals surface area contributed by atoms with E-state index >= 15 is 0 Å². The van der Waals surface area contributed by atoms with E-state index in [-0.39, 0.29) is 5.91 Å². The predicted molar refractivity (Wildman–Crippen MR) is 86.8 cm³/mol. The summed E-state index contributed by atoms with van der Waals surface area (Å²) in [6.07, 6.45) is 6.44. The Labute approximate surface area is 130 Å². The van der Waals surface area contributed by atoms with Gasteiger partial charge in [-0.1, -0.05) is 6.07 Å². The van der Waals surface area contributed by atoms with E-state index < -0.39 is 0 Å². The Hall–Kier alpha value is -1.94. The van der Waals surface area contributed by atoms with Crippen molar-refractivity contribution in [3.63, 3.8) is 0 Å². The lowest BCUT2D eigenvalue weighted by Crippen LogP contribution is -2.48. The second kappa shape index (κ2) is 5.36. The molecule has 114 valence electrons. The summed E-state index contributed by atoms with van der Waals surface area (Å²) < 4.78 is 0. The van der Waals surface area contributed by atoms with E-state index in [1.165, 1.54) is 12.8 Å². The summed E-state index contributed by atoms with van der Waals surface area (Å²) in [5, 5.41) is 4.65. The third-order valence-corrected chi connectivity index (χ3v) is 5.17. The summed E-state index contributed by atoms with van der Waals surface area (Å²) in [5.74, 6) is 0.122. The number of amides is 1. The number of nitrogens with zero attached hydrogens (tertiary/aromatic N) is 2. The maximum atomic E-state index is 12.8. The molecule has 2 aliphatic heterocycles. The lowest BCUT2D eigenvalue weighted by atomic mass is 9.97. The molecule has 1 unspecified atom stereocenters. The number of fused-ring (bicyclic) bond motifs is 3. The molecular formula is C18H21N3O. The molecule has 3 heterocycles. The number of hydrogen-bond acceptors (Lipinski definition) is 3. The van der Waals surface area contributed by atoms with Gasteiger partial charge >= 0.3 is 0 Å². The fourth-order valence-corrected chi connectivity index (χ4v) is 3.92. The molecule has 1 aromatic heterocycles. The fourth-order valence-electron chi connectivity index (χ4n) is 3.92. The first kappa shape index (κ1) is 13.7. The van der Waals surface area contributed by atoms with Crippen LogP contribution in [0.15, 0.2) is 36.5 Å². The van der Waals surface area contributed by atoms with Crippen LogP contribution >= 0.6 is 0 Å². The Kier molecular flexibility index (Phi) is 3.34. The molecular weight excluding hydrogens is 274 g/mol. The summed E-state index contributed by atoms with van der Waals surface area (Å²) in [6.45, 7) is 0. The van der Waals surface area contributed by atoms with Crippen molar-refractivity contribution in [3.8, 4) is 0 Å². The number of benzene rings is 1. The van der Waals surface area contributed by atoms with E-state index in [1.807, 2.05) is 42.3 Å². The number of piperidine rings is 1. The zero-order valence-electron chi connectivity index (χ0n) is 12.8. The smallest absolute Gasteiger partial charge is 0.253 e. The van der Waals surface area contributed by atoms with Crippen LogP contribution < -0.4 is 5.32 Å². The molecule has 4 heteroatoms. The van der Waals surface area contributed by atoms with Crippen LogP contribution in [-0.2, 0) is 0 Å². The highest BCUT2D eigenvalue weighted by Gasteiger charge is 2.36. The first-order valence-corrected chi connectivity index (χ1v) is 8.09. The van der Waals surface area contributed by atoms with Crippen LogP contribution in [0.4, 0.5) is 0 Å². The molecule has 2 fully saturated rings. The molecule has 4 rings (SSSR count). The summed E-state index contributed by atoms with van der Waals surface area (Å²) in [7, 11) is 1.95. The first-order chi connectivity index (χ1) is 10.7. The maximum absolute atomic E-state index is 12.8. The summed E-state index contributed by atoms with van der Waals surface area (Å²) in [4.78, 5) is 19.1. The van der Waals surface area contributed by atoms with Crippen LogP contribution in [0, 0.1) is 0 Å². The molecule has 4 nitrogen and oxygen atoms in total. The van der Waals surface area contributed by atoms with Crippen LogP contribution in [0.25, 0.3) is 10.9 Å². The minimum Gasteiger partial charge on any atom is -0.339 e. The van der Waals surface area contributed by atoms with E-state index in [4.69, 9.17) is 0 Å². The Morgan fingerprint density at radius 1 is 1.23 bits per heavy atom. The Morgan fingerprint density at radius 3 is 2.77 bits per heavy atom. The zero-order chi connectivity index (χ0) is 15.1. The van der Waals surface area contributed by atoms with Gasteiger partial charge in [-0.05, 0) is 49.9 Å². The van der Waals surface area contributed by atoms with Gasteiger partial charge in [0.25, 0.3) is 5.91 Å².